The van der Waals surface area contributed by atoms with Gasteiger partial charge in [0.1, 0.15) is 5.75 Å². The van der Waals surface area contributed by atoms with Gasteiger partial charge < -0.3 is 9.64 Å². The van der Waals surface area contributed by atoms with Crippen LogP contribution >= 0.6 is 0 Å². The van der Waals surface area contributed by atoms with Crippen molar-refractivity contribution in [2.75, 3.05) is 20.2 Å². The molecular weight excluding hydrogens is 306 g/mol. The summed E-state index contributed by atoms with van der Waals surface area (Å²) in [5.74, 6) is 0.920. The Balaban J connectivity index is 1.89. The molecule has 0 fully saturated rings. The van der Waals surface area contributed by atoms with Crippen molar-refractivity contribution < 1.29 is 4.74 Å². The van der Waals surface area contributed by atoms with Crippen LogP contribution in [-0.4, -0.2) is 31.1 Å². The Labute approximate surface area is 152 Å². The second-order valence-electron chi connectivity index (χ2n) is 7.10. The molecule has 0 bridgehead atoms. The summed E-state index contributed by atoms with van der Waals surface area (Å²) in [6.45, 7) is 7.03. The van der Waals surface area contributed by atoms with Crippen molar-refractivity contribution in [1.82, 2.24) is 4.90 Å². The summed E-state index contributed by atoms with van der Waals surface area (Å²) in [4.78, 5) is 2.72. The number of ether oxygens (including phenoxy) is 1. The molecule has 1 atom stereocenters. The van der Waals surface area contributed by atoms with Gasteiger partial charge in [-0.1, -0.05) is 44.2 Å². The molecule has 2 heteroatoms. The predicted octanol–water partition coefficient (Wildman–Crippen LogP) is 5.34. The number of hydrogen-bond donors (Lipinski definition) is 0. The van der Waals surface area contributed by atoms with Crippen LogP contribution in [0.4, 0.5) is 0 Å². The monoisotopic (exact) mass is 337 g/mol. The molecule has 0 saturated heterocycles. The number of methoxy groups -OCH3 is 1. The Morgan fingerprint density at radius 1 is 1.00 bits per heavy atom. The highest BCUT2D eigenvalue weighted by atomic mass is 16.5. The number of rotatable bonds is 7. The van der Waals surface area contributed by atoms with Gasteiger partial charge in [0.2, 0.25) is 0 Å². The SMILES string of the molecule is CCCN(CCC)[C@@H]1CCc2cccc(-c3ccc(OC)cc3)c2C1. The van der Waals surface area contributed by atoms with Gasteiger partial charge in [0.25, 0.3) is 0 Å². The van der Waals surface area contributed by atoms with Crippen molar-refractivity contribution in [3.63, 3.8) is 0 Å². The number of benzene rings is 2. The fraction of sp³-hybridized carbons (Fsp3) is 0.478. The minimum atomic E-state index is 0.687. The normalized spacial score (nSPS) is 16.7. The first-order chi connectivity index (χ1) is 12.3. The Morgan fingerprint density at radius 2 is 1.72 bits per heavy atom. The molecule has 2 nitrogen and oxygen atoms in total. The van der Waals surface area contributed by atoms with E-state index in [0.29, 0.717) is 6.04 Å². The highest BCUT2D eigenvalue weighted by molar-refractivity contribution is 5.70. The van der Waals surface area contributed by atoms with Crippen LogP contribution in [0.1, 0.15) is 44.2 Å². The fourth-order valence-electron chi connectivity index (χ4n) is 4.17. The molecule has 0 amide bonds. The van der Waals surface area contributed by atoms with Crippen LogP contribution in [0.25, 0.3) is 11.1 Å². The zero-order valence-electron chi connectivity index (χ0n) is 15.9. The zero-order chi connectivity index (χ0) is 17.6. The largest absolute Gasteiger partial charge is 0.497 e. The lowest BCUT2D eigenvalue weighted by atomic mass is 9.83. The fourth-order valence-corrected chi connectivity index (χ4v) is 4.17. The summed E-state index contributed by atoms with van der Waals surface area (Å²) in [5, 5.41) is 0. The Morgan fingerprint density at radius 3 is 2.36 bits per heavy atom. The number of nitrogens with zero attached hydrogens (tertiary/aromatic N) is 1. The minimum absolute atomic E-state index is 0.687. The minimum Gasteiger partial charge on any atom is -0.497 e. The Hall–Kier alpha value is -1.80. The smallest absolute Gasteiger partial charge is 0.118 e. The van der Waals surface area contributed by atoms with Crippen molar-refractivity contribution in [3.8, 4) is 16.9 Å². The third-order valence-electron chi connectivity index (χ3n) is 5.40. The Bertz CT molecular complexity index is 671. The molecule has 1 aliphatic rings. The number of fused-ring (bicyclic) bond motifs is 1. The average molecular weight is 338 g/mol. The van der Waals surface area contributed by atoms with E-state index in [1.165, 1.54) is 61.9 Å². The van der Waals surface area contributed by atoms with Crippen LogP contribution in [0.3, 0.4) is 0 Å². The Kier molecular flexibility index (Phi) is 6.14. The third kappa shape index (κ3) is 4.07. The van der Waals surface area contributed by atoms with Gasteiger partial charge in [-0.25, -0.2) is 0 Å². The van der Waals surface area contributed by atoms with Gasteiger partial charge in [0, 0.05) is 6.04 Å². The van der Waals surface area contributed by atoms with Crippen molar-refractivity contribution >= 4 is 0 Å². The highest BCUT2D eigenvalue weighted by Gasteiger charge is 2.25. The average Bonchev–Trinajstić information content (AvgIpc) is 2.67. The van der Waals surface area contributed by atoms with Gasteiger partial charge in [-0.3, -0.25) is 0 Å². The molecule has 3 rings (SSSR count). The summed E-state index contributed by atoms with van der Waals surface area (Å²) in [6, 6.07) is 16.0. The highest BCUT2D eigenvalue weighted by Crippen LogP contribution is 2.34. The molecule has 2 aromatic rings. The number of aryl methyl sites for hydroxylation is 1. The van der Waals surface area contributed by atoms with Gasteiger partial charge in [0.05, 0.1) is 7.11 Å². The van der Waals surface area contributed by atoms with E-state index in [0.717, 1.165) is 5.75 Å². The van der Waals surface area contributed by atoms with Gasteiger partial charge in [-0.05, 0) is 79.6 Å². The second kappa shape index (κ2) is 8.53. The van der Waals surface area contributed by atoms with Crippen LogP contribution in [0.15, 0.2) is 42.5 Å². The molecule has 0 N–H and O–H groups in total. The maximum Gasteiger partial charge on any atom is 0.118 e. The first-order valence-electron chi connectivity index (χ1n) is 9.76. The summed E-state index contributed by atoms with van der Waals surface area (Å²) in [7, 11) is 1.72. The summed E-state index contributed by atoms with van der Waals surface area (Å²) in [6.07, 6.45) is 6.15. The van der Waals surface area contributed by atoms with Gasteiger partial charge in [-0.15, -0.1) is 0 Å². The van der Waals surface area contributed by atoms with E-state index in [9.17, 15) is 0 Å². The van der Waals surface area contributed by atoms with E-state index >= 15 is 0 Å². The lowest BCUT2D eigenvalue weighted by Gasteiger charge is -2.36. The maximum atomic E-state index is 5.31. The van der Waals surface area contributed by atoms with Crippen molar-refractivity contribution in [3.05, 3.63) is 53.6 Å². The van der Waals surface area contributed by atoms with E-state index in [2.05, 4.69) is 61.2 Å². The summed E-state index contributed by atoms with van der Waals surface area (Å²) >= 11 is 0. The van der Waals surface area contributed by atoms with Crippen molar-refractivity contribution in [2.24, 2.45) is 0 Å². The topological polar surface area (TPSA) is 12.5 Å². The first kappa shape index (κ1) is 18.0. The van der Waals surface area contributed by atoms with E-state index in [-0.39, 0.29) is 0 Å². The molecule has 0 spiro atoms. The molecule has 0 aliphatic heterocycles. The molecule has 0 heterocycles. The van der Waals surface area contributed by atoms with Crippen molar-refractivity contribution in [1.29, 1.82) is 0 Å². The van der Waals surface area contributed by atoms with Crippen LogP contribution in [0, 0.1) is 0 Å². The van der Waals surface area contributed by atoms with E-state index in [1.807, 2.05) is 0 Å². The van der Waals surface area contributed by atoms with Gasteiger partial charge >= 0.3 is 0 Å². The van der Waals surface area contributed by atoms with E-state index < -0.39 is 0 Å². The molecule has 25 heavy (non-hydrogen) atoms. The first-order valence-corrected chi connectivity index (χ1v) is 9.76. The van der Waals surface area contributed by atoms with E-state index in [1.54, 1.807) is 12.7 Å². The van der Waals surface area contributed by atoms with E-state index in [4.69, 9.17) is 4.74 Å². The quantitative estimate of drug-likeness (QED) is 0.676. The lowest BCUT2D eigenvalue weighted by molar-refractivity contribution is 0.180. The van der Waals surface area contributed by atoms with Crippen molar-refractivity contribution in [2.45, 2.75) is 52.0 Å². The zero-order valence-corrected chi connectivity index (χ0v) is 15.9. The summed E-state index contributed by atoms with van der Waals surface area (Å²) in [5.41, 5.74) is 5.80. The maximum absolute atomic E-state index is 5.31. The standard InChI is InChI=1S/C23H31NO/c1-4-15-24(16-5-2)20-12-9-18-7-6-8-22(23(18)17-20)19-10-13-21(25-3)14-11-19/h6-8,10-11,13-14,20H,4-5,9,12,15-17H2,1-3H3/t20-/m1/s1. The molecule has 1 aliphatic carbocycles. The van der Waals surface area contributed by atoms with Gasteiger partial charge in [-0.2, -0.15) is 0 Å². The van der Waals surface area contributed by atoms with Crippen LogP contribution < -0.4 is 4.74 Å². The van der Waals surface area contributed by atoms with Gasteiger partial charge in [0.15, 0.2) is 0 Å². The van der Waals surface area contributed by atoms with Crippen LogP contribution in [0.2, 0.25) is 0 Å². The molecule has 0 radical (unpaired) electrons. The molecule has 2 aromatic carbocycles. The van der Waals surface area contributed by atoms with Crippen LogP contribution in [-0.2, 0) is 12.8 Å². The molecule has 0 saturated carbocycles. The second-order valence-corrected chi connectivity index (χ2v) is 7.10. The molecular formula is C23H31NO. The third-order valence-corrected chi connectivity index (χ3v) is 5.40. The molecule has 0 unspecified atom stereocenters. The van der Waals surface area contributed by atoms with Crippen LogP contribution in [0.5, 0.6) is 5.75 Å². The molecule has 0 aromatic heterocycles. The number of hydrogen-bond acceptors (Lipinski definition) is 2. The predicted molar refractivity (Wildman–Crippen MR) is 106 cm³/mol. The molecule has 134 valence electrons. The lowest BCUT2D eigenvalue weighted by Crippen LogP contribution is -2.40. The summed E-state index contributed by atoms with van der Waals surface area (Å²) < 4.78 is 5.31.